The molecule has 2 heterocycles. The summed E-state index contributed by atoms with van der Waals surface area (Å²) in [5.74, 6) is 0. The van der Waals surface area contributed by atoms with Gasteiger partial charge in [0.1, 0.15) is 10.0 Å². The van der Waals surface area contributed by atoms with Crippen molar-refractivity contribution in [3.63, 3.8) is 0 Å². The Morgan fingerprint density at radius 1 is 1.05 bits per heavy atom. The molecule has 1 aromatic heterocycles. The van der Waals surface area contributed by atoms with Crippen LogP contribution in [0.25, 0.3) is 10.6 Å². The van der Waals surface area contributed by atoms with E-state index in [-0.39, 0.29) is 0 Å². The normalized spacial score (nSPS) is 18.1. The Kier molecular flexibility index (Phi) is 4.13. The molecule has 0 N–H and O–H groups in total. The van der Waals surface area contributed by atoms with Crippen LogP contribution >= 0.6 is 11.3 Å². The number of hydrogen-bond acceptors (Lipinski definition) is 4. The van der Waals surface area contributed by atoms with Gasteiger partial charge < -0.3 is 0 Å². The van der Waals surface area contributed by atoms with E-state index in [1.54, 1.807) is 11.3 Å². The molecule has 0 aliphatic carbocycles. The van der Waals surface area contributed by atoms with Crippen LogP contribution in [0.4, 0.5) is 0 Å². The highest BCUT2D eigenvalue weighted by Crippen LogP contribution is 2.28. The van der Waals surface area contributed by atoms with Crippen molar-refractivity contribution in [3.8, 4) is 10.6 Å². The molecule has 1 aliphatic heterocycles. The van der Waals surface area contributed by atoms with Crippen molar-refractivity contribution >= 4 is 11.3 Å². The molecule has 1 fully saturated rings. The molecule has 20 heavy (non-hydrogen) atoms. The zero-order valence-corrected chi connectivity index (χ0v) is 13.0. The van der Waals surface area contributed by atoms with Crippen molar-refractivity contribution in [3.05, 3.63) is 34.8 Å². The van der Waals surface area contributed by atoms with Crippen LogP contribution in [0.5, 0.6) is 0 Å². The second kappa shape index (κ2) is 6.02. The van der Waals surface area contributed by atoms with E-state index in [1.807, 2.05) is 6.92 Å². The zero-order chi connectivity index (χ0) is 13.9. The second-order valence-corrected chi connectivity index (χ2v) is 6.70. The molecule has 106 valence electrons. The molecule has 0 radical (unpaired) electrons. The summed E-state index contributed by atoms with van der Waals surface area (Å²) in [4.78, 5) is 2.59. The van der Waals surface area contributed by atoms with Gasteiger partial charge in [0.05, 0.1) is 0 Å². The van der Waals surface area contributed by atoms with Gasteiger partial charge in [0.25, 0.3) is 0 Å². The maximum absolute atomic E-state index is 4.21. The summed E-state index contributed by atoms with van der Waals surface area (Å²) in [5, 5.41) is 10.3. The minimum absolute atomic E-state index is 0.514. The molecule has 1 saturated heterocycles. The van der Waals surface area contributed by atoms with Gasteiger partial charge in [-0.15, -0.1) is 10.2 Å². The number of aromatic nitrogens is 2. The largest absolute Gasteiger partial charge is 0.297 e. The van der Waals surface area contributed by atoms with Gasteiger partial charge in [0, 0.05) is 11.6 Å². The van der Waals surface area contributed by atoms with E-state index in [0.29, 0.717) is 6.04 Å². The molecule has 0 saturated carbocycles. The minimum Gasteiger partial charge on any atom is -0.297 e. The van der Waals surface area contributed by atoms with E-state index in [0.717, 1.165) is 10.0 Å². The van der Waals surface area contributed by atoms with Crippen LogP contribution in [0.3, 0.4) is 0 Å². The zero-order valence-electron chi connectivity index (χ0n) is 12.2. The average Bonchev–Trinajstić information content (AvgIpc) is 2.94. The molecule has 0 bridgehead atoms. The maximum atomic E-state index is 4.21. The van der Waals surface area contributed by atoms with Crippen LogP contribution in [-0.2, 0) is 0 Å². The fourth-order valence-electron chi connectivity index (χ4n) is 2.83. The van der Waals surface area contributed by atoms with Gasteiger partial charge in [-0.2, -0.15) is 0 Å². The number of aryl methyl sites for hydroxylation is 1. The Labute approximate surface area is 124 Å². The first-order chi connectivity index (χ1) is 9.74. The van der Waals surface area contributed by atoms with Crippen LogP contribution in [0, 0.1) is 6.92 Å². The Hall–Kier alpha value is -1.26. The Balaban J connectivity index is 1.75. The standard InChI is InChI=1S/C16H21N3S/c1-12(19-10-4-3-5-11-19)14-6-8-15(9-7-14)16-18-17-13(2)20-16/h6-9,12H,3-5,10-11H2,1-2H3. The fraction of sp³-hybridized carbons (Fsp3) is 0.500. The van der Waals surface area contributed by atoms with Crippen molar-refractivity contribution in [1.82, 2.24) is 15.1 Å². The van der Waals surface area contributed by atoms with Crippen LogP contribution < -0.4 is 0 Å². The number of nitrogens with zero attached hydrogens (tertiary/aromatic N) is 3. The van der Waals surface area contributed by atoms with Gasteiger partial charge in [-0.05, 0) is 45.3 Å². The number of benzene rings is 1. The first kappa shape index (κ1) is 13.7. The molecule has 0 amide bonds. The summed E-state index contributed by atoms with van der Waals surface area (Å²) in [5.41, 5.74) is 2.57. The topological polar surface area (TPSA) is 29.0 Å². The quantitative estimate of drug-likeness (QED) is 0.852. The van der Waals surface area contributed by atoms with Gasteiger partial charge in [-0.3, -0.25) is 4.90 Å². The smallest absolute Gasteiger partial charge is 0.147 e. The number of rotatable bonds is 3. The number of likely N-dealkylation sites (tertiary alicyclic amines) is 1. The predicted octanol–water partition coefficient (Wildman–Crippen LogP) is 4.06. The maximum Gasteiger partial charge on any atom is 0.147 e. The van der Waals surface area contributed by atoms with Crippen LogP contribution in [0.2, 0.25) is 0 Å². The molecular formula is C16H21N3S. The molecule has 3 nitrogen and oxygen atoms in total. The molecule has 4 heteroatoms. The lowest BCUT2D eigenvalue weighted by Gasteiger charge is -2.32. The summed E-state index contributed by atoms with van der Waals surface area (Å²) in [7, 11) is 0. The molecule has 1 aliphatic rings. The van der Waals surface area contributed by atoms with E-state index in [9.17, 15) is 0 Å². The monoisotopic (exact) mass is 287 g/mol. The van der Waals surface area contributed by atoms with Crippen molar-refractivity contribution in [2.24, 2.45) is 0 Å². The van der Waals surface area contributed by atoms with E-state index >= 15 is 0 Å². The first-order valence-electron chi connectivity index (χ1n) is 7.38. The van der Waals surface area contributed by atoms with Gasteiger partial charge in [-0.1, -0.05) is 42.0 Å². The highest BCUT2D eigenvalue weighted by Gasteiger charge is 2.18. The van der Waals surface area contributed by atoms with Crippen molar-refractivity contribution in [2.45, 2.75) is 39.2 Å². The third kappa shape index (κ3) is 2.91. The van der Waals surface area contributed by atoms with Crippen molar-refractivity contribution in [1.29, 1.82) is 0 Å². The average molecular weight is 287 g/mol. The first-order valence-corrected chi connectivity index (χ1v) is 8.20. The van der Waals surface area contributed by atoms with Gasteiger partial charge in [0.15, 0.2) is 0 Å². The highest BCUT2D eigenvalue weighted by atomic mass is 32.1. The molecule has 1 aromatic carbocycles. The van der Waals surface area contributed by atoms with Crippen LogP contribution in [-0.4, -0.2) is 28.2 Å². The Bertz CT molecular complexity index is 555. The highest BCUT2D eigenvalue weighted by molar-refractivity contribution is 7.14. The Morgan fingerprint density at radius 3 is 2.35 bits per heavy atom. The van der Waals surface area contributed by atoms with Crippen molar-refractivity contribution in [2.75, 3.05) is 13.1 Å². The van der Waals surface area contributed by atoms with Gasteiger partial charge in [-0.25, -0.2) is 0 Å². The molecule has 2 aromatic rings. The molecule has 1 unspecified atom stereocenters. The van der Waals surface area contributed by atoms with Crippen LogP contribution in [0.15, 0.2) is 24.3 Å². The lowest BCUT2D eigenvalue weighted by Crippen LogP contribution is -2.32. The fourth-order valence-corrected chi connectivity index (χ4v) is 3.53. The SMILES string of the molecule is Cc1nnc(-c2ccc(C(C)N3CCCCC3)cc2)s1. The van der Waals surface area contributed by atoms with Crippen molar-refractivity contribution < 1.29 is 0 Å². The molecule has 1 atom stereocenters. The van der Waals surface area contributed by atoms with E-state index in [4.69, 9.17) is 0 Å². The minimum atomic E-state index is 0.514. The number of piperidine rings is 1. The lowest BCUT2D eigenvalue weighted by molar-refractivity contribution is 0.175. The van der Waals surface area contributed by atoms with E-state index < -0.39 is 0 Å². The van der Waals surface area contributed by atoms with Crippen LogP contribution in [0.1, 0.15) is 42.8 Å². The lowest BCUT2D eigenvalue weighted by atomic mass is 10.0. The van der Waals surface area contributed by atoms with E-state index in [2.05, 4.69) is 46.3 Å². The summed E-state index contributed by atoms with van der Waals surface area (Å²) in [6.45, 7) is 6.78. The predicted molar refractivity (Wildman–Crippen MR) is 83.9 cm³/mol. The summed E-state index contributed by atoms with van der Waals surface area (Å²) in [6.07, 6.45) is 4.07. The third-order valence-corrected chi connectivity index (χ3v) is 4.99. The molecule has 3 rings (SSSR count). The summed E-state index contributed by atoms with van der Waals surface area (Å²) < 4.78 is 0. The number of hydrogen-bond donors (Lipinski definition) is 0. The molecule has 0 spiro atoms. The molecular weight excluding hydrogens is 266 g/mol. The second-order valence-electron chi connectivity index (χ2n) is 5.52. The van der Waals surface area contributed by atoms with E-state index in [1.165, 1.54) is 43.5 Å². The third-order valence-electron chi connectivity index (χ3n) is 4.10. The van der Waals surface area contributed by atoms with Gasteiger partial charge >= 0.3 is 0 Å². The Morgan fingerprint density at radius 2 is 1.75 bits per heavy atom. The summed E-state index contributed by atoms with van der Waals surface area (Å²) in [6, 6.07) is 9.35. The van der Waals surface area contributed by atoms with Gasteiger partial charge in [0.2, 0.25) is 0 Å². The summed E-state index contributed by atoms with van der Waals surface area (Å²) >= 11 is 1.65.